The van der Waals surface area contributed by atoms with E-state index in [1.807, 2.05) is 11.6 Å². The maximum atomic E-state index is 11.1. The van der Waals surface area contributed by atoms with Crippen molar-refractivity contribution in [3.8, 4) is 17.1 Å². The molecule has 0 spiro atoms. The maximum absolute atomic E-state index is 11.1. The molecule has 0 amide bonds. The summed E-state index contributed by atoms with van der Waals surface area (Å²) in [6.45, 7) is 6.20. The third-order valence-corrected chi connectivity index (χ3v) is 5.99. The molecule has 0 saturated carbocycles. The van der Waals surface area contributed by atoms with Gasteiger partial charge >= 0.3 is 0 Å². The lowest BCUT2D eigenvalue weighted by molar-refractivity contribution is -0.384. The van der Waals surface area contributed by atoms with Crippen molar-refractivity contribution in [3.63, 3.8) is 0 Å². The van der Waals surface area contributed by atoms with Crippen molar-refractivity contribution in [2.45, 2.75) is 24.8 Å². The third-order valence-electron chi connectivity index (χ3n) is 4.92. The van der Waals surface area contributed by atoms with Crippen molar-refractivity contribution < 1.29 is 9.66 Å². The Bertz CT molecular complexity index is 1020. The number of anilines is 1. The van der Waals surface area contributed by atoms with Gasteiger partial charge in [0, 0.05) is 54.8 Å². The zero-order valence-electron chi connectivity index (χ0n) is 17.5. The Balaban J connectivity index is 1.78. The van der Waals surface area contributed by atoms with Gasteiger partial charge in [0.15, 0.2) is 11.0 Å². The zero-order valence-corrected chi connectivity index (χ0v) is 18.3. The fourth-order valence-electron chi connectivity index (χ4n) is 3.24. The quantitative estimate of drug-likeness (QED) is 0.281. The predicted octanol–water partition coefficient (Wildman–Crippen LogP) is 4.54. The van der Waals surface area contributed by atoms with E-state index < -0.39 is 4.92 Å². The molecule has 1 aromatic heterocycles. The second-order valence-electron chi connectivity index (χ2n) is 6.63. The third kappa shape index (κ3) is 4.56. The molecule has 30 heavy (non-hydrogen) atoms. The number of nitrogens with zero attached hydrogens (tertiary/aromatic N) is 5. The number of rotatable bonds is 9. The molecule has 0 N–H and O–H groups in total. The summed E-state index contributed by atoms with van der Waals surface area (Å²) in [7, 11) is 3.47. The van der Waals surface area contributed by atoms with Crippen LogP contribution in [0.1, 0.15) is 19.4 Å². The van der Waals surface area contributed by atoms with Crippen LogP contribution in [0.4, 0.5) is 11.4 Å². The van der Waals surface area contributed by atoms with Crippen LogP contribution >= 0.6 is 11.8 Å². The van der Waals surface area contributed by atoms with Gasteiger partial charge in [0.2, 0.25) is 0 Å². The standard InChI is InChI=1S/C21H25N5O3S/c1-5-25(6-2)17-9-7-15(8-10-17)20-22-23-21(24(20)3)30-14-16-13-18(26(27)28)11-12-19(16)29-4/h7-13H,5-6,14H2,1-4H3. The molecule has 0 saturated heterocycles. The van der Waals surface area contributed by atoms with Crippen molar-refractivity contribution in [2.24, 2.45) is 7.05 Å². The Labute approximate surface area is 180 Å². The first-order valence-corrected chi connectivity index (χ1v) is 10.7. The van der Waals surface area contributed by atoms with Gasteiger partial charge in [-0.2, -0.15) is 0 Å². The summed E-state index contributed by atoms with van der Waals surface area (Å²) in [6, 6.07) is 12.9. The molecule has 2 aromatic carbocycles. The minimum absolute atomic E-state index is 0.0401. The molecular formula is C21H25N5O3S. The number of thioether (sulfide) groups is 1. The second kappa shape index (κ2) is 9.62. The highest BCUT2D eigenvalue weighted by atomic mass is 32.2. The maximum Gasteiger partial charge on any atom is 0.270 e. The molecule has 0 atom stereocenters. The van der Waals surface area contributed by atoms with Crippen molar-refractivity contribution >= 4 is 23.1 Å². The number of nitro benzene ring substituents is 1. The Morgan fingerprint density at radius 3 is 2.43 bits per heavy atom. The van der Waals surface area contributed by atoms with Gasteiger partial charge in [-0.3, -0.25) is 10.1 Å². The summed E-state index contributed by atoms with van der Waals surface area (Å²) in [4.78, 5) is 13.0. The van der Waals surface area contributed by atoms with Crippen molar-refractivity contribution in [1.82, 2.24) is 14.8 Å². The zero-order chi connectivity index (χ0) is 21.7. The predicted molar refractivity (Wildman–Crippen MR) is 119 cm³/mol. The summed E-state index contributed by atoms with van der Waals surface area (Å²) < 4.78 is 7.27. The molecule has 3 rings (SSSR count). The molecular weight excluding hydrogens is 402 g/mol. The number of hydrogen-bond acceptors (Lipinski definition) is 7. The van der Waals surface area contributed by atoms with Gasteiger partial charge in [-0.25, -0.2) is 0 Å². The average molecular weight is 428 g/mol. The SMILES string of the molecule is CCN(CC)c1ccc(-c2nnc(SCc3cc([N+](=O)[O-])ccc3OC)n2C)cc1. The van der Waals surface area contributed by atoms with E-state index >= 15 is 0 Å². The van der Waals surface area contributed by atoms with E-state index in [0.29, 0.717) is 11.5 Å². The van der Waals surface area contributed by atoms with Crippen LogP contribution in [-0.2, 0) is 12.8 Å². The van der Waals surface area contributed by atoms with Crippen LogP contribution in [0.3, 0.4) is 0 Å². The first-order chi connectivity index (χ1) is 14.5. The molecule has 0 fully saturated rings. The van der Waals surface area contributed by atoms with Crippen molar-refractivity contribution in [3.05, 3.63) is 58.1 Å². The number of ether oxygens (including phenoxy) is 1. The fourth-order valence-corrected chi connectivity index (χ4v) is 4.12. The summed E-state index contributed by atoms with van der Waals surface area (Å²) in [5.41, 5.74) is 2.95. The molecule has 3 aromatic rings. The lowest BCUT2D eigenvalue weighted by atomic mass is 10.2. The Kier molecular flexibility index (Phi) is 6.94. The van der Waals surface area contributed by atoms with Crippen LogP contribution in [0.2, 0.25) is 0 Å². The van der Waals surface area contributed by atoms with E-state index in [-0.39, 0.29) is 5.69 Å². The summed E-state index contributed by atoms with van der Waals surface area (Å²) in [5, 5.41) is 20.4. The normalized spacial score (nSPS) is 10.8. The van der Waals surface area contributed by atoms with Crippen LogP contribution in [-0.4, -0.2) is 39.9 Å². The first-order valence-electron chi connectivity index (χ1n) is 9.67. The molecule has 0 aliphatic heterocycles. The monoisotopic (exact) mass is 427 g/mol. The molecule has 0 aliphatic rings. The molecule has 1 heterocycles. The largest absolute Gasteiger partial charge is 0.496 e. The number of hydrogen-bond donors (Lipinski definition) is 0. The van der Waals surface area contributed by atoms with E-state index in [1.165, 1.54) is 29.6 Å². The summed E-state index contributed by atoms with van der Waals surface area (Å²) in [6.07, 6.45) is 0. The van der Waals surface area contributed by atoms with Gasteiger partial charge in [-0.1, -0.05) is 11.8 Å². The topological polar surface area (TPSA) is 86.3 Å². The van der Waals surface area contributed by atoms with Gasteiger partial charge in [-0.05, 0) is 44.2 Å². The average Bonchev–Trinajstić information content (AvgIpc) is 3.13. The van der Waals surface area contributed by atoms with Crippen LogP contribution in [0.5, 0.6) is 5.75 Å². The highest BCUT2D eigenvalue weighted by molar-refractivity contribution is 7.98. The van der Waals surface area contributed by atoms with Gasteiger partial charge in [-0.15, -0.1) is 10.2 Å². The first kappa shape index (κ1) is 21.6. The van der Waals surface area contributed by atoms with E-state index in [1.54, 1.807) is 13.2 Å². The van der Waals surface area contributed by atoms with E-state index in [4.69, 9.17) is 4.74 Å². The Hall–Kier alpha value is -3.07. The number of benzene rings is 2. The lowest BCUT2D eigenvalue weighted by Gasteiger charge is -2.21. The number of methoxy groups -OCH3 is 1. The summed E-state index contributed by atoms with van der Waals surface area (Å²) in [5.74, 6) is 1.87. The second-order valence-corrected chi connectivity index (χ2v) is 7.57. The summed E-state index contributed by atoms with van der Waals surface area (Å²) >= 11 is 1.46. The lowest BCUT2D eigenvalue weighted by Crippen LogP contribution is -2.21. The highest BCUT2D eigenvalue weighted by Gasteiger charge is 2.15. The molecule has 9 heteroatoms. The van der Waals surface area contributed by atoms with Crippen LogP contribution in [0, 0.1) is 10.1 Å². The molecule has 0 unspecified atom stereocenters. The minimum Gasteiger partial charge on any atom is -0.496 e. The number of non-ortho nitro benzene ring substituents is 1. The van der Waals surface area contributed by atoms with Crippen molar-refractivity contribution in [2.75, 3.05) is 25.1 Å². The Morgan fingerprint density at radius 1 is 1.13 bits per heavy atom. The number of aromatic nitrogens is 3. The van der Waals surface area contributed by atoms with E-state index in [0.717, 1.165) is 35.2 Å². The smallest absolute Gasteiger partial charge is 0.270 e. The molecule has 0 aliphatic carbocycles. The van der Waals surface area contributed by atoms with Gasteiger partial charge in [0.05, 0.1) is 12.0 Å². The minimum atomic E-state index is -0.407. The van der Waals surface area contributed by atoms with E-state index in [9.17, 15) is 10.1 Å². The molecule has 0 bridgehead atoms. The van der Waals surface area contributed by atoms with Crippen LogP contribution in [0.15, 0.2) is 47.6 Å². The number of nitro groups is 1. The van der Waals surface area contributed by atoms with Gasteiger partial charge in [0.1, 0.15) is 5.75 Å². The highest BCUT2D eigenvalue weighted by Crippen LogP contribution is 2.31. The van der Waals surface area contributed by atoms with Crippen molar-refractivity contribution in [1.29, 1.82) is 0 Å². The van der Waals surface area contributed by atoms with Gasteiger partial charge in [0.25, 0.3) is 5.69 Å². The van der Waals surface area contributed by atoms with Crippen LogP contribution < -0.4 is 9.64 Å². The van der Waals surface area contributed by atoms with Gasteiger partial charge < -0.3 is 14.2 Å². The molecule has 0 radical (unpaired) electrons. The van der Waals surface area contributed by atoms with E-state index in [2.05, 4.69) is 53.2 Å². The molecule has 8 nitrogen and oxygen atoms in total. The Morgan fingerprint density at radius 2 is 1.83 bits per heavy atom. The van der Waals surface area contributed by atoms with Crippen LogP contribution in [0.25, 0.3) is 11.4 Å². The fraction of sp³-hybridized carbons (Fsp3) is 0.333. The molecule has 158 valence electrons.